The smallest absolute Gasteiger partial charge is 0.242 e. The second kappa shape index (κ2) is 11.4. The Bertz CT molecular complexity index is 721. The highest BCUT2D eigenvalue weighted by Gasteiger charge is 2.10. The first kappa shape index (κ1) is 20.1. The van der Waals surface area contributed by atoms with Crippen molar-refractivity contribution in [3.63, 3.8) is 0 Å². The lowest BCUT2D eigenvalue weighted by atomic mass is 10.3. The number of ether oxygens (including phenoxy) is 2. The number of amides is 1. The van der Waals surface area contributed by atoms with Crippen LogP contribution in [0.5, 0.6) is 11.5 Å². The summed E-state index contributed by atoms with van der Waals surface area (Å²) in [5.41, 5.74) is 0.821. The van der Waals surface area contributed by atoms with Gasteiger partial charge in [0.1, 0.15) is 24.7 Å². The molecule has 0 saturated carbocycles. The molecule has 0 aliphatic carbocycles. The molecule has 142 valence electrons. The van der Waals surface area contributed by atoms with Crippen LogP contribution in [0.4, 0.5) is 5.69 Å². The van der Waals surface area contributed by atoms with Crippen molar-refractivity contribution in [3.05, 3.63) is 79.9 Å². The molecule has 0 radical (unpaired) electrons. The Kier molecular flexibility index (Phi) is 8.50. The number of carbonyl (C=O) groups is 1. The van der Waals surface area contributed by atoms with Gasteiger partial charge in [0.05, 0.1) is 6.54 Å². The average Bonchev–Trinajstić information content (AvgIpc) is 2.70. The van der Waals surface area contributed by atoms with Gasteiger partial charge in [0.2, 0.25) is 5.91 Å². The van der Waals surface area contributed by atoms with Crippen LogP contribution in [0, 0.1) is 0 Å². The van der Waals surface area contributed by atoms with E-state index in [0.717, 1.165) is 17.2 Å². The van der Waals surface area contributed by atoms with Crippen molar-refractivity contribution in [3.8, 4) is 11.5 Å². The Balaban J connectivity index is 1.77. The van der Waals surface area contributed by atoms with Crippen LogP contribution in [0.2, 0.25) is 0 Å². The number of hydrogen-bond donors (Lipinski definition) is 1. The Hall–Kier alpha value is -3.21. The van der Waals surface area contributed by atoms with Gasteiger partial charge in [-0.2, -0.15) is 0 Å². The van der Waals surface area contributed by atoms with E-state index < -0.39 is 0 Å². The van der Waals surface area contributed by atoms with E-state index in [1.807, 2.05) is 54.6 Å². The fourth-order valence-corrected chi connectivity index (χ4v) is 2.41. The fraction of sp³-hybridized carbons (Fsp3) is 0.227. The van der Waals surface area contributed by atoms with Crippen LogP contribution in [0.1, 0.15) is 0 Å². The molecule has 2 aromatic carbocycles. The number of hydrogen-bond acceptors (Lipinski definition) is 4. The second-order valence-electron chi connectivity index (χ2n) is 5.77. The molecule has 1 N–H and O–H groups in total. The van der Waals surface area contributed by atoms with Gasteiger partial charge in [0, 0.05) is 24.8 Å². The van der Waals surface area contributed by atoms with E-state index in [1.165, 1.54) is 0 Å². The van der Waals surface area contributed by atoms with Gasteiger partial charge in [0.15, 0.2) is 0 Å². The summed E-state index contributed by atoms with van der Waals surface area (Å²) in [4.78, 5) is 13.9. The maximum Gasteiger partial charge on any atom is 0.242 e. The van der Waals surface area contributed by atoms with Gasteiger partial charge in [-0.1, -0.05) is 36.4 Å². The second-order valence-corrected chi connectivity index (χ2v) is 5.77. The molecule has 5 heteroatoms. The van der Waals surface area contributed by atoms with Gasteiger partial charge in [-0.3, -0.25) is 4.79 Å². The lowest BCUT2D eigenvalue weighted by Crippen LogP contribution is -2.35. The van der Waals surface area contributed by atoms with Crippen LogP contribution < -0.4 is 14.8 Å². The minimum atomic E-state index is -0.0163. The van der Waals surface area contributed by atoms with Gasteiger partial charge < -0.3 is 19.7 Å². The Morgan fingerprint density at radius 2 is 1.56 bits per heavy atom. The number of carbonyl (C=O) groups excluding carboxylic acids is 1. The van der Waals surface area contributed by atoms with Crippen LogP contribution in [0.25, 0.3) is 0 Å². The Morgan fingerprint density at radius 3 is 2.22 bits per heavy atom. The predicted octanol–water partition coefficient (Wildman–Crippen LogP) is 3.76. The first-order valence-corrected chi connectivity index (χ1v) is 8.87. The molecule has 0 atom stereocenters. The summed E-state index contributed by atoms with van der Waals surface area (Å²) in [6.45, 7) is 9.43. The van der Waals surface area contributed by atoms with Crippen molar-refractivity contribution in [1.82, 2.24) is 4.90 Å². The highest BCUT2D eigenvalue weighted by Crippen LogP contribution is 2.17. The van der Waals surface area contributed by atoms with E-state index in [4.69, 9.17) is 9.47 Å². The molecule has 0 aliphatic heterocycles. The molecule has 0 aromatic heterocycles. The first-order chi connectivity index (χ1) is 13.2. The van der Waals surface area contributed by atoms with E-state index in [0.29, 0.717) is 26.3 Å². The van der Waals surface area contributed by atoms with Crippen molar-refractivity contribution in [2.45, 2.75) is 0 Å². The van der Waals surface area contributed by atoms with Crippen LogP contribution in [0.15, 0.2) is 79.9 Å². The van der Waals surface area contributed by atoms with Crippen molar-refractivity contribution >= 4 is 11.6 Å². The van der Waals surface area contributed by atoms with E-state index in [2.05, 4.69) is 18.5 Å². The van der Waals surface area contributed by atoms with Gasteiger partial charge in [0.25, 0.3) is 0 Å². The molecule has 0 saturated heterocycles. The third-order valence-electron chi connectivity index (χ3n) is 3.69. The van der Waals surface area contributed by atoms with Gasteiger partial charge in [-0.05, 0) is 24.3 Å². The number of para-hydroxylation sites is 1. The maximum absolute atomic E-state index is 12.2. The molecule has 1 amide bonds. The van der Waals surface area contributed by atoms with E-state index in [-0.39, 0.29) is 12.5 Å². The van der Waals surface area contributed by atoms with Crippen molar-refractivity contribution in [2.75, 3.05) is 38.2 Å². The molecule has 0 spiro atoms. The standard InChI is InChI=1S/C22H26N2O3/c1-3-13-24(14-4-2)22(25)18-23-19-9-8-12-21(17-19)27-16-15-26-20-10-6-5-7-11-20/h3-12,17,23H,1-2,13-16,18H2. The molecule has 0 fully saturated rings. The summed E-state index contributed by atoms with van der Waals surface area (Å²) in [5, 5.41) is 3.13. The van der Waals surface area contributed by atoms with E-state index in [1.54, 1.807) is 17.1 Å². The zero-order chi connectivity index (χ0) is 19.3. The fourth-order valence-electron chi connectivity index (χ4n) is 2.41. The number of rotatable bonds is 12. The molecular weight excluding hydrogens is 340 g/mol. The quantitative estimate of drug-likeness (QED) is 0.459. The third-order valence-corrected chi connectivity index (χ3v) is 3.69. The largest absolute Gasteiger partial charge is 0.490 e. The lowest BCUT2D eigenvalue weighted by Gasteiger charge is -2.20. The molecule has 0 heterocycles. The molecule has 2 aromatic rings. The number of nitrogens with zero attached hydrogens (tertiary/aromatic N) is 1. The van der Waals surface area contributed by atoms with Crippen molar-refractivity contribution in [1.29, 1.82) is 0 Å². The number of nitrogens with one attached hydrogen (secondary N) is 1. The van der Waals surface area contributed by atoms with Crippen LogP contribution in [0.3, 0.4) is 0 Å². The first-order valence-electron chi connectivity index (χ1n) is 8.87. The normalized spacial score (nSPS) is 9.93. The number of anilines is 1. The van der Waals surface area contributed by atoms with Gasteiger partial charge in [-0.25, -0.2) is 0 Å². The monoisotopic (exact) mass is 366 g/mol. The summed E-state index contributed by atoms with van der Waals surface area (Å²) in [6, 6.07) is 17.1. The highest BCUT2D eigenvalue weighted by molar-refractivity contribution is 5.81. The molecule has 2 rings (SSSR count). The average molecular weight is 366 g/mol. The zero-order valence-electron chi connectivity index (χ0n) is 15.5. The predicted molar refractivity (Wildman–Crippen MR) is 109 cm³/mol. The van der Waals surface area contributed by atoms with Crippen molar-refractivity contribution in [2.24, 2.45) is 0 Å². The van der Waals surface area contributed by atoms with Crippen LogP contribution in [-0.4, -0.2) is 43.7 Å². The summed E-state index contributed by atoms with van der Waals surface area (Å²) in [7, 11) is 0. The highest BCUT2D eigenvalue weighted by atomic mass is 16.5. The minimum absolute atomic E-state index is 0.0163. The molecule has 0 aliphatic rings. The van der Waals surface area contributed by atoms with Crippen LogP contribution in [-0.2, 0) is 4.79 Å². The topological polar surface area (TPSA) is 50.8 Å². The molecule has 0 unspecified atom stereocenters. The molecule has 0 bridgehead atoms. The molecule has 5 nitrogen and oxygen atoms in total. The number of benzene rings is 2. The summed E-state index contributed by atoms with van der Waals surface area (Å²) >= 11 is 0. The van der Waals surface area contributed by atoms with Gasteiger partial charge in [-0.15, -0.1) is 13.2 Å². The maximum atomic E-state index is 12.2. The molecule has 27 heavy (non-hydrogen) atoms. The molecular formula is C22H26N2O3. The SMILES string of the molecule is C=CCN(CC=C)C(=O)CNc1cccc(OCCOc2ccccc2)c1. The Morgan fingerprint density at radius 1 is 0.926 bits per heavy atom. The summed E-state index contributed by atoms with van der Waals surface area (Å²) in [5.74, 6) is 1.52. The van der Waals surface area contributed by atoms with Gasteiger partial charge >= 0.3 is 0 Å². The minimum Gasteiger partial charge on any atom is -0.490 e. The zero-order valence-corrected chi connectivity index (χ0v) is 15.5. The van der Waals surface area contributed by atoms with E-state index in [9.17, 15) is 4.79 Å². The van der Waals surface area contributed by atoms with Crippen LogP contribution >= 0.6 is 0 Å². The van der Waals surface area contributed by atoms with Crippen molar-refractivity contribution < 1.29 is 14.3 Å². The van der Waals surface area contributed by atoms with E-state index >= 15 is 0 Å². The Labute approximate surface area is 160 Å². The summed E-state index contributed by atoms with van der Waals surface area (Å²) < 4.78 is 11.3. The summed E-state index contributed by atoms with van der Waals surface area (Å²) in [6.07, 6.45) is 3.40. The third kappa shape index (κ3) is 7.28. The lowest BCUT2D eigenvalue weighted by molar-refractivity contribution is -0.128.